The van der Waals surface area contributed by atoms with E-state index in [1.807, 2.05) is 20.8 Å². The maximum absolute atomic E-state index is 12.0. The van der Waals surface area contributed by atoms with Gasteiger partial charge in [0.2, 0.25) is 0 Å². The van der Waals surface area contributed by atoms with Crippen LogP contribution < -0.4 is 0 Å². The molecule has 2 saturated heterocycles. The molecule has 0 amide bonds. The first-order valence-electron chi connectivity index (χ1n) is 7.03. The van der Waals surface area contributed by atoms with Gasteiger partial charge in [0.15, 0.2) is 17.7 Å². The number of esters is 1. The Balaban J connectivity index is 2.17. The van der Waals surface area contributed by atoms with Crippen molar-refractivity contribution in [3.63, 3.8) is 0 Å². The minimum Gasteiger partial charge on any atom is -0.464 e. The summed E-state index contributed by atoms with van der Waals surface area (Å²) in [7, 11) is 0. The Labute approximate surface area is 119 Å². The molecule has 0 unspecified atom stereocenters. The summed E-state index contributed by atoms with van der Waals surface area (Å²) >= 11 is 0. The SMILES string of the molecule is CCOC(=O)[C@H]1OC(C)(C)O[C@@H]1[C@@H]1OC(C)(C)O[C@H]1C. The van der Waals surface area contributed by atoms with Gasteiger partial charge in [0, 0.05) is 0 Å². The molecule has 2 aliphatic heterocycles. The average Bonchev–Trinajstić information content (AvgIpc) is 2.75. The first-order chi connectivity index (χ1) is 9.15. The first kappa shape index (κ1) is 15.7. The molecule has 2 aliphatic rings. The molecule has 6 heteroatoms. The monoisotopic (exact) mass is 288 g/mol. The van der Waals surface area contributed by atoms with Gasteiger partial charge in [-0.15, -0.1) is 0 Å². The Hall–Kier alpha value is -0.690. The molecule has 0 spiro atoms. The molecule has 116 valence electrons. The smallest absolute Gasteiger partial charge is 0.338 e. The molecule has 0 bridgehead atoms. The predicted octanol–water partition coefficient (Wildman–Crippen LogP) is 1.61. The number of carbonyl (C=O) groups excluding carboxylic acids is 1. The van der Waals surface area contributed by atoms with Gasteiger partial charge in [0.25, 0.3) is 0 Å². The van der Waals surface area contributed by atoms with E-state index in [0.29, 0.717) is 6.61 Å². The highest BCUT2D eigenvalue weighted by molar-refractivity contribution is 5.76. The van der Waals surface area contributed by atoms with E-state index >= 15 is 0 Å². The van der Waals surface area contributed by atoms with E-state index in [0.717, 1.165) is 0 Å². The summed E-state index contributed by atoms with van der Waals surface area (Å²) in [6.07, 6.45) is -1.90. The van der Waals surface area contributed by atoms with E-state index in [9.17, 15) is 4.79 Å². The van der Waals surface area contributed by atoms with Crippen molar-refractivity contribution in [2.24, 2.45) is 0 Å². The molecule has 0 aromatic carbocycles. The van der Waals surface area contributed by atoms with Crippen LogP contribution in [-0.2, 0) is 28.5 Å². The Bertz CT molecular complexity index is 378. The third-order valence-electron chi connectivity index (χ3n) is 3.32. The van der Waals surface area contributed by atoms with Gasteiger partial charge in [0.05, 0.1) is 12.7 Å². The second-order valence-corrected chi connectivity index (χ2v) is 6.08. The molecule has 0 aromatic rings. The molecule has 2 fully saturated rings. The van der Waals surface area contributed by atoms with Gasteiger partial charge in [0.1, 0.15) is 12.2 Å². The van der Waals surface area contributed by atoms with Crippen LogP contribution >= 0.6 is 0 Å². The quantitative estimate of drug-likeness (QED) is 0.735. The minimum absolute atomic E-state index is 0.190. The number of ether oxygens (including phenoxy) is 5. The molecule has 6 nitrogen and oxygen atoms in total. The summed E-state index contributed by atoms with van der Waals surface area (Å²) < 4.78 is 28.2. The van der Waals surface area contributed by atoms with E-state index in [1.165, 1.54) is 0 Å². The van der Waals surface area contributed by atoms with Crippen molar-refractivity contribution in [2.75, 3.05) is 6.61 Å². The highest BCUT2D eigenvalue weighted by atomic mass is 16.8. The summed E-state index contributed by atoms with van der Waals surface area (Å²) in [5.41, 5.74) is 0. The lowest BCUT2D eigenvalue weighted by Crippen LogP contribution is -2.45. The number of hydrogen-bond acceptors (Lipinski definition) is 6. The largest absolute Gasteiger partial charge is 0.464 e. The lowest BCUT2D eigenvalue weighted by Gasteiger charge is -2.24. The van der Waals surface area contributed by atoms with Crippen LogP contribution in [0.4, 0.5) is 0 Å². The van der Waals surface area contributed by atoms with Crippen molar-refractivity contribution in [3.05, 3.63) is 0 Å². The standard InChI is InChI=1S/C14H24O6/c1-7-16-12(15)11-10(19-14(5,6)20-11)9-8(2)17-13(3,4)18-9/h8-11H,7H2,1-6H3/t8-,9+,10+,11-/m0/s1. The van der Waals surface area contributed by atoms with Crippen LogP contribution in [-0.4, -0.2) is 48.6 Å². The molecule has 0 N–H and O–H groups in total. The molecule has 2 heterocycles. The Kier molecular flexibility index (Phi) is 4.12. The van der Waals surface area contributed by atoms with Crippen LogP contribution in [0.2, 0.25) is 0 Å². The Morgan fingerprint density at radius 3 is 2.05 bits per heavy atom. The van der Waals surface area contributed by atoms with Crippen molar-refractivity contribution in [3.8, 4) is 0 Å². The normalized spacial score (nSPS) is 38.9. The van der Waals surface area contributed by atoms with Crippen LogP contribution in [0.3, 0.4) is 0 Å². The van der Waals surface area contributed by atoms with Crippen LogP contribution in [0.25, 0.3) is 0 Å². The topological polar surface area (TPSA) is 63.2 Å². The van der Waals surface area contributed by atoms with E-state index in [1.54, 1.807) is 20.8 Å². The van der Waals surface area contributed by atoms with Crippen molar-refractivity contribution < 1.29 is 28.5 Å². The zero-order valence-corrected chi connectivity index (χ0v) is 13.0. The lowest BCUT2D eigenvalue weighted by molar-refractivity contribution is -0.176. The van der Waals surface area contributed by atoms with Gasteiger partial charge in [-0.3, -0.25) is 0 Å². The van der Waals surface area contributed by atoms with Crippen molar-refractivity contribution >= 4 is 5.97 Å². The fraction of sp³-hybridized carbons (Fsp3) is 0.929. The minimum atomic E-state index is -0.849. The molecule has 20 heavy (non-hydrogen) atoms. The molecule has 4 atom stereocenters. The molecule has 2 rings (SSSR count). The van der Waals surface area contributed by atoms with Crippen molar-refractivity contribution in [1.29, 1.82) is 0 Å². The van der Waals surface area contributed by atoms with Crippen LogP contribution in [0.1, 0.15) is 41.5 Å². The third kappa shape index (κ3) is 3.14. The average molecular weight is 288 g/mol. The number of rotatable bonds is 3. The molecule has 0 radical (unpaired) electrons. The van der Waals surface area contributed by atoms with E-state index in [4.69, 9.17) is 23.7 Å². The molecular formula is C14H24O6. The maximum atomic E-state index is 12.0. The third-order valence-corrected chi connectivity index (χ3v) is 3.32. The second-order valence-electron chi connectivity index (χ2n) is 6.08. The maximum Gasteiger partial charge on any atom is 0.338 e. The van der Waals surface area contributed by atoms with Gasteiger partial charge in [-0.05, 0) is 41.5 Å². The Morgan fingerprint density at radius 1 is 1.00 bits per heavy atom. The van der Waals surface area contributed by atoms with Crippen LogP contribution in [0.15, 0.2) is 0 Å². The predicted molar refractivity (Wildman–Crippen MR) is 70.0 cm³/mol. The molecule has 0 aliphatic carbocycles. The van der Waals surface area contributed by atoms with Gasteiger partial charge < -0.3 is 23.7 Å². The van der Waals surface area contributed by atoms with Gasteiger partial charge in [-0.2, -0.15) is 0 Å². The molecule has 0 saturated carbocycles. The lowest BCUT2D eigenvalue weighted by atomic mass is 10.0. The van der Waals surface area contributed by atoms with E-state index < -0.39 is 29.8 Å². The first-order valence-corrected chi connectivity index (χ1v) is 7.03. The summed E-state index contributed by atoms with van der Waals surface area (Å²) in [5, 5.41) is 0. The summed E-state index contributed by atoms with van der Waals surface area (Å²) in [4.78, 5) is 12.0. The fourth-order valence-corrected chi connectivity index (χ4v) is 2.74. The summed E-state index contributed by atoms with van der Waals surface area (Å²) in [6, 6.07) is 0. The highest BCUT2D eigenvalue weighted by Gasteiger charge is 2.55. The Morgan fingerprint density at radius 2 is 1.55 bits per heavy atom. The van der Waals surface area contributed by atoms with E-state index in [2.05, 4.69) is 0 Å². The van der Waals surface area contributed by atoms with Gasteiger partial charge >= 0.3 is 5.97 Å². The van der Waals surface area contributed by atoms with Gasteiger partial charge in [-0.25, -0.2) is 4.79 Å². The summed E-state index contributed by atoms with van der Waals surface area (Å²) in [5.74, 6) is -1.97. The van der Waals surface area contributed by atoms with E-state index in [-0.39, 0.29) is 12.2 Å². The molecular weight excluding hydrogens is 264 g/mol. The number of hydrogen-bond donors (Lipinski definition) is 0. The second kappa shape index (κ2) is 5.26. The molecule has 0 aromatic heterocycles. The van der Waals surface area contributed by atoms with Crippen molar-refractivity contribution in [1.82, 2.24) is 0 Å². The van der Waals surface area contributed by atoms with Crippen molar-refractivity contribution in [2.45, 2.75) is 77.5 Å². The van der Waals surface area contributed by atoms with Crippen LogP contribution in [0, 0.1) is 0 Å². The highest BCUT2D eigenvalue weighted by Crippen LogP contribution is 2.38. The van der Waals surface area contributed by atoms with Gasteiger partial charge in [-0.1, -0.05) is 0 Å². The summed E-state index contributed by atoms with van der Waals surface area (Å²) in [6.45, 7) is 11.2. The number of carbonyl (C=O) groups is 1. The van der Waals surface area contributed by atoms with Crippen LogP contribution in [0.5, 0.6) is 0 Å². The zero-order valence-electron chi connectivity index (χ0n) is 13.0. The fourth-order valence-electron chi connectivity index (χ4n) is 2.74. The zero-order chi connectivity index (χ0) is 15.1.